The van der Waals surface area contributed by atoms with Crippen LogP contribution in [0.2, 0.25) is 0 Å². The molecule has 2 aliphatic rings. The number of carbonyl (C=O) groups is 1. The molecule has 212 valence electrons. The maximum Gasteiger partial charge on any atom is 0.337 e. The SMILES string of the molecule is Cc1ccc(-c2c(C)c3c(c(C)c2C(OC(C)(C)C)C(=O)O)CCN(C2CCCC(c4ccccc4)C2)C3)cc1. The summed E-state index contributed by atoms with van der Waals surface area (Å²) in [6.07, 6.45) is 4.92. The molecule has 3 atom stereocenters. The molecule has 0 amide bonds. The number of nitrogens with zero attached hydrogens (tertiary/aromatic N) is 1. The van der Waals surface area contributed by atoms with E-state index in [2.05, 4.69) is 80.3 Å². The van der Waals surface area contributed by atoms with Gasteiger partial charge in [0.1, 0.15) is 0 Å². The second-order valence-corrected chi connectivity index (χ2v) is 13.0. The molecule has 0 spiro atoms. The minimum Gasteiger partial charge on any atom is -0.479 e. The zero-order valence-electron chi connectivity index (χ0n) is 25.1. The molecule has 5 rings (SSSR count). The Balaban J connectivity index is 1.56. The normalized spacial score (nSPS) is 20.6. The van der Waals surface area contributed by atoms with Gasteiger partial charge in [0.05, 0.1) is 5.60 Å². The number of fused-ring (bicyclic) bond motifs is 1. The minimum atomic E-state index is -1.02. The van der Waals surface area contributed by atoms with Gasteiger partial charge < -0.3 is 9.84 Å². The van der Waals surface area contributed by atoms with Crippen molar-refractivity contribution in [2.45, 2.75) is 104 Å². The standard InChI is InChI=1S/C36H45NO3/c1-23-15-17-27(18-16-23)32-25(3)31-22-37(29-14-10-13-28(21-29)26-11-8-7-9-12-26)20-19-30(31)24(2)33(32)34(35(38)39)40-36(4,5)6/h7-9,11-12,15-18,28-29,34H,10,13-14,19-22H2,1-6H3,(H,38,39). The molecule has 1 N–H and O–H groups in total. The Kier molecular flexibility index (Phi) is 8.22. The number of aliphatic carboxylic acids is 1. The first-order chi connectivity index (χ1) is 19.0. The molecular formula is C36H45NO3. The lowest BCUT2D eigenvalue weighted by molar-refractivity contribution is -0.160. The second-order valence-electron chi connectivity index (χ2n) is 13.0. The van der Waals surface area contributed by atoms with Crippen molar-refractivity contribution in [1.29, 1.82) is 0 Å². The predicted molar refractivity (Wildman–Crippen MR) is 163 cm³/mol. The molecular weight excluding hydrogens is 494 g/mol. The molecule has 1 aliphatic heterocycles. The number of benzene rings is 3. The highest BCUT2D eigenvalue weighted by molar-refractivity contribution is 5.84. The highest BCUT2D eigenvalue weighted by Crippen LogP contribution is 2.44. The van der Waals surface area contributed by atoms with Crippen LogP contribution in [0, 0.1) is 20.8 Å². The van der Waals surface area contributed by atoms with Gasteiger partial charge in [0.25, 0.3) is 0 Å². The third kappa shape index (κ3) is 5.89. The Morgan fingerprint density at radius 1 is 0.950 bits per heavy atom. The molecule has 3 unspecified atom stereocenters. The topological polar surface area (TPSA) is 49.8 Å². The summed E-state index contributed by atoms with van der Waals surface area (Å²) < 4.78 is 6.26. The fraction of sp³-hybridized carbons (Fsp3) is 0.472. The van der Waals surface area contributed by atoms with Crippen LogP contribution in [0.3, 0.4) is 0 Å². The van der Waals surface area contributed by atoms with Crippen molar-refractivity contribution >= 4 is 5.97 Å². The second kappa shape index (κ2) is 11.5. The smallest absolute Gasteiger partial charge is 0.337 e. The number of hydrogen-bond donors (Lipinski definition) is 1. The molecule has 4 nitrogen and oxygen atoms in total. The Bertz CT molecular complexity index is 1350. The fourth-order valence-corrected chi connectivity index (χ4v) is 7.09. The van der Waals surface area contributed by atoms with Crippen LogP contribution >= 0.6 is 0 Å². The lowest BCUT2D eigenvalue weighted by atomic mass is 9.78. The Morgan fingerprint density at radius 2 is 1.65 bits per heavy atom. The van der Waals surface area contributed by atoms with E-state index in [-0.39, 0.29) is 0 Å². The highest BCUT2D eigenvalue weighted by Gasteiger charge is 2.36. The fourth-order valence-electron chi connectivity index (χ4n) is 7.09. The average molecular weight is 540 g/mol. The van der Waals surface area contributed by atoms with E-state index in [0.717, 1.165) is 41.8 Å². The predicted octanol–water partition coefficient (Wildman–Crippen LogP) is 8.30. The first kappa shape index (κ1) is 28.6. The minimum absolute atomic E-state index is 0.574. The van der Waals surface area contributed by atoms with Crippen LogP contribution in [0.15, 0.2) is 54.6 Å². The van der Waals surface area contributed by atoms with Crippen molar-refractivity contribution in [2.24, 2.45) is 0 Å². The van der Waals surface area contributed by atoms with Crippen LogP contribution in [-0.2, 0) is 22.5 Å². The van der Waals surface area contributed by atoms with Gasteiger partial charge in [-0.2, -0.15) is 0 Å². The summed E-state index contributed by atoms with van der Waals surface area (Å²) in [5, 5.41) is 10.4. The summed E-state index contributed by atoms with van der Waals surface area (Å²) in [7, 11) is 0. The zero-order valence-corrected chi connectivity index (χ0v) is 25.1. The molecule has 0 aromatic heterocycles. The quantitative estimate of drug-likeness (QED) is 0.342. The molecule has 40 heavy (non-hydrogen) atoms. The van der Waals surface area contributed by atoms with E-state index in [0.29, 0.717) is 12.0 Å². The number of hydrogen-bond acceptors (Lipinski definition) is 3. The number of ether oxygens (including phenoxy) is 1. The van der Waals surface area contributed by atoms with Gasteiger partial charge in [0.15, 0.2) is 6.10 Å². The van der Waals surface area contributed by atoms with Gasteiger partial charge in [-0.1, -0.05) is 66.6 Å². The van der Waals surface area contributed by atoms with E-state index in [1.807, 2.05) is 20.8 Å². The van der Waals surface area contributed by atoms with Crippen molar-refractivity contribution in [3.8, 4) is 11.1 Å². The summed E-state index contributed by atoms with van der Waals surface area (Å²) in [6, 6.07) is 20.1. The number of aryl methyl sites for hydroxylation is 1. The molecule has 0 radical (unpaired) electrons. The summed E-state index contributed by atoms with van der Waals surface area (Å²) in [4.78, 5) is 15.4. The van der Waals surface area contributed by atoms with Gasteiger partial charge in [-0.15, -0.1) is 0 Å². The van der Waals surface area contributed by atoms with Crippen LogP contribution < -0.4 is 0 Å². The lowest BCUT2D eigenvalue weighted by Crippen LogP contribution is -2.42. The molecule has 1 heterocycles. The van der Waals surface area contributed by atoms with Gasteiger partial charge in [-0.3, -0.25) is 4.90 Å². The molecule has 1 fully saturated rings. The summed E-state index contributed by atoms with van der Waals surface area (Å²) in [6.45, 7) is 14.1. The van der Waals surface area contributed by atoms with Crippen LogP contribution in [0.4, 0.5) is 0 Å². The van der Waals surface area contributed by atoms with Crippen LogP contribution in [0.1, 0.15) is 97.4 Å². The molecule has 3 aromatic carbocycles. The van der Waals surface area contributed by atoms with Crippen molar-refractivity contribution < 1.29 is 14.6 Å². The maximum absolute atomic E-state index is 12.7. The average Bonchev–Trinajstić information content (AvgIpc) is 2.94. The van der Waals surface area contributed by atoms with E-state index in [9.17, 15) is 9.90 Å². The van der Waals surface area contributed by atoms with Crippen molar-refractivity contribution in [3.63, 3.8) is 0 Å². The number of carboxylic acid groups (broad SMARTS) is 1. The van der Waals surface area contributed by atoms with Crippen molar-refractivity contribution in [2.75, 3.05) is 6.54 Å². The summed E-state index contributed by atoms with van der Waals surface area (Å²) >= 11 is 0. The largest absolute Gasteiger partial charge is 0.479 e. The number of carboxylic acids is 1. The lowest BCUT2D eigenvalue weighted by Gasteiger charge is -2.42. The van der Waals surface area contributed by atoms with E-state index in [1.54, 1.807) is 0 Å². The maximum atomic E-state index is 12.7. The van der Waals surface area contributed by atoms with Crippen LogP contribution in [0.5, 0.6) is 0 Å². The van der Waals surface area contributed by atoms with Gasteiger partial charge in [0, 0.05) is 24.7 Å². The van der Waals surface area contributed by atoms with Gasteiger partial charge in [-0.25, -0.2) is 4.79 Å². The molecule has 1 aliphatic carbocycles. The highest BCUT2D eigenvalue weighted by atomic mass is 16.5. The van der Waals surface area contributed by atoms with Crippen LogP contribution in [0.25, 0.3) is 11.1 Å². The van der Waals surface area contributed by atoms with E-state index >= 15 is 0 Å². The monoisotopic (exact) mass is 539 g/mol. The Labute approximate surface area is 240 Å². The van der Waals surface area contributed by atoms with Gasteiger partial charge in [-0.05, 0) is 112 Å². The van der Waals surface area contributed by atoms with Crippen molar-refractivity contribution in [3.05, 3.63) is 93.5 Å². The third-order valence-electron chi connectivity index (χ3n) is 9.06. The Morgan fingerprint density at radius 3 is 2.30 bits per heavy atom. The van der Waals surface area contributed by atoms with Gasteiger partial charge >= 0.3 is 5.97 Å². The van der Waals surface area contributed by atoms with E-state index in [1.165, 1.54) is 53.5 Å². The summed E-state index contributed by atoms with van der Waals surface area (Å²) in [5.74, 6) is -0.308. The number of rotatable bonds is 6. The van der Waals surface area contributed by atoms with Crippen LogP contribution in [-0.4, -0.2) is 34.2 Å². The third-order valence-corrected chi connectivity index (χ3v) is 9.06. The summed E-state index contributed by atoms with van der Waals surface area (Å²) in [5.41, 5.74) is 9.96. The molecule has 1 saturated carbocycles. The molecule has 0 saturated heterocycles. The molecule has 0 bridgehead atoms. The Hall–Kier alpha value is -2.95. The first-order valence-corrected chi connectivity index (χ1v) is 14.9. The zero-order chi connectivity index (χ0) is 28.6. The molecule has 3 aromatic rings. The van der Waals surface area contributed by atoms with Crippen molar-refractivity contribution in [1.82, 2.24) is 4.90 Å². The molecule has 4 heteroatoms. The first-order valence-electron chi connectivity index (χ1n) is 14.9. The van der Waals surface area contributed by atoms with E-state index < -0.39 is 17.7 Å². The van der Waals surface area contributed by atoms with E-state index in [4.69, 9.17) is 4.74 Å². The van der Waals surface area contributed by atoms with Gasteiger partial charge in [0.2, 0.25) is 0 Å².